The third kappa shape index (κ3) is 2.31. The highest BCUT2D eigenvalue weighted by molar-refractivity contribution is 6.34. The van der Waals surface area contributed by atoms with E-state index < -0.39 is 0 Å². The summed E-state index contributed by atoms with van der Waals surface area (Å²) in [4.78, 5) is 3.18. The van der Waals surface area contributed by atoms with Gasteiger partial charge < -0.3 is 14.8 Å². The number of ether oxygens (including phenoxy) is 1. The highest BCUT2D eigenvalue weighted by Crippen LogP contribution is 2.48. The second-order valence-electron chi connectivity index (χ2n) is 6.60. The molecule has 0 unspecified atom stereocenters. The second kappa shape index (κ2) is 5.83. The number of methoxy groups -OCH3 is 1. The lowest BCUT2D eigenvalue weighted by atomic mass is 9.64. The van der Waals surface area contributed by atoms with Crippen molar-refractivity contribution < 1.29 is 9.84 Å². The van der Waals surface area contributed by atoms with Crippen LogP contribution in [-0.4, -0.2) is 23.8 Å². The van der Waals surface area contributed by atoms with Crippen molar-refractivity contribution >= 4 is 22.5 Å². The molecule has 0 bridgehead atoms. The van der Waals surface area contributed by atoms with Gasteiger partial charge in [0.2, 0.25) is 0 Å². The zero-order valence-corrected chi connectivity index (χ0v) is 14.4. The summed E-state index contributed by atoms with van der Waals surface area (Å²) in [7, 11) is 1.68. The molecule has 0 aliphatic heterocycles. The number of aromatic nitrogens is 1. The van der Waals surface area contributed by atoms with E-state index in [9.17, 15) is 5.11 Å². The smallest absolute Gasteiger partial charge is 0.123 e. The molecule has 0 atom stereocenters. The summed E-state index contributed by atoms with van der Waals surface area (Å²) in [6.45, 7) is 0.165. The lowest BCUT2D eigenvalue weighted by Crippen LogP contribution is -2.38. The molecule has 1 aliphatic rings. The average Bonchev–Trinajstić information content (AvgIpc) is 3.01. The van der Waals surface area contributed by atoms with E-state index in [1.807, 2.05) is 24.4 Å². The summed E-state index contributed by atoms with van der Waals surface area (Å²) >= 11 is 6.48. The maximum absolute atomic E-state index is 9.85. The summed E-state index contributed by atoms with van der Waals surface area (Å²) < 4.78 is 5.64. The van der Waals surface area contributed by atoms with Gasteiger partial charge in [0, 0.05) is 33.6 Å². The van der Waals surface area contributed by atoms with Gasteiger partial charge in [0.05, 0.1) is 18.7 Å². The number of benzene rings is 2. The number of fused-ring (bicyclic) bond motifs is 1. The van der Waals surface area contributed by atoms with Crippen molar-refractivity contribution in [2.45, 2.75) is 24.7 Å². The molecule has 124 valence electrons. The molecule has 0 radical (unpaired) electrons. The monoisotopic (exact) mass is 341 g/mol. The maximum atomic E-state index is 9.85. The summed E-state index contributed by atoms with van der Waals surface area (Å²) in [5.41, 5.74) is 4.00. The van der Waals surface area contributed by atoms with Crippen molar-refractivity contribution in [2.75, 3.05) is 13.7 Å². The Hall–Kier alpha value is -1.97. The molecule has 4 heteroatoms. The highest BCUT2D eigenvalue weighted by Gasteiger charge is 2.40. The largest absolute Gasteiger partial charge is 0.496 e. The Labute approximate surface area is 146 Å². The van der Waals surface area contributed by atoms with Crippen molar-refractivity contribution in [3.05, 3.63) is 53.2 Å². The molecule has 1 heterocycles. The molecule has 24 heavy (non-hydrogen) atoms. The Kier molecular flexibility index (Phi) is 3.78. The van der Waals surface area contributed by atoms with Crippen LogP contribution in [0.15, 0.2) is 42.6 Å². The van der Waals surface area contributed by atoms with E-state index in [-0.39, 0.29) is 12.0 Å². The molecule has 1 aliphatic carbocycles. The van der Waals surface area contributed by atoms with Crippen molar-refractivity contribution in [1.29, 1.82) is 0 Å². The van der Waals surface area contributed by atoms with Gasteiger partial charge >= 0.3 is 0 Å². The van der Waals surface area contributed by atoms with E-state index in [0.29, 0.717) is 5.02 Å². The van der Waals surface area contributed by atoms with Gasteiger partial charge in [-0.05, 0) is 42.7 Å². The van der Waals surface area contributed by atoms with E-state index in [4.69, 9.17) is 16.3 Å². The molecule has 0 amide bonds. The van der Waals surface area contributed by atoms with Crippen molar-refractivity contribution in [1.82, 2.24) is 4.98 Å². The molecule has 0 spiro atoms. The molecule has 3 nitrogen and oxygen atoms in total. The summed E-state index contributed by atoms with van der Waals surface area (Å²) in [6.07, 6.45) is 5.09. The van der Waals surface area contributed by atoms with Gasteiger partial charge in [0.15, 0.2) is 0 Å². The van der Waals surface area contributed by atoms with Gasteiger partial charge in [0.1, 0.15) is 5.75 Å². The number of hydrogen-bond acceptors (Lipinski definition) is 2. The van der Waals surface area contributed by atoms with Gasteiger partial charge in [0.25, 0.3) is 0 Å². The number of rotatable bonds is 4. The van der Waals surface area contributed by atoms with Crippen LogP contribution in [-0.2, 0) is 5.41 Å². The quantitative estimate of drug-likeness (QED) is 0.708. The third-order valence-corrected chi connectivity index (χ3v) is 5.65. The predicted octanol–water partition coefficient (Wildman–Crippen LogP) is 4.91. The van der Waals surface area contributed by atoms with Gasteiger partial charge in [-0.2, -0.15) is 0 Å². The minimum atomic E-state index is -0.141. The van der Waals surface area contributed by atoms with E-state index in [1.165, 1.54) is 0 Å². The summed E-state index contributed by atoms with van der Waals surface area (Å²) in [5.74, 6) is 0.825. The Morgan fingerprint density at radius 3 is 2.71 bits per heavy atom. The van der Waals surface area contributed by atoms with Crippen molar-refractivity contribution in [2.24, 2.45) is 0 Å². The van der Waals surface area contributed by atoms with Crippen LogP contribution in [0.1, 0.15) is 24.8 Å². The van der Waals surface area contributed by atoms with Crippen molar-refractivity contribution in [3.63, 3.8) is 0 Å². The Morgan fingerprint density at radius 2 is 2.04 bits per heavy atom. The molecule has 4 rings (SSSR count). The highest BCUT2D eigenvalue weighted by atomic mass is 35.5. The fourth-order valence-corrected chi connectivity index (χ4v) is 3.98. The molecule has 2 aromatic carbocycles. The summed E-state index contributed by atoms with van der Waals surface area (Å²) in [6, 6.07) is 12.3. The molecular formula is C20H20ClNO2. The first-order valence-electron chi connectivity index (χ1n) is 8.23. The number of aliphatic hydroxyl groups is 1. The van der Waals surface area contributed by atoms with Gasteiger partial charge in [-0.15, -0.1) is 0 Å². The molecule has 1 fully saturated rings. The van der Waals surface area contributed by atoms with Crippen molar-refractivity contribution in [3.8, 4) is 16.9 Å². The van der Waals surface area contributed by atoms with Crippen LogP contribution in [0.2, 0.25) is 5.02 Å². The van der Waals surface area contributed by atoms with Crippen LogP contribution in [0, 0.1) is 0 Å². The second-order valence-corrected chi connectivity index (χ2v) is 7.01. The molecule has 0 saturated heterocycles. The van der Waals surface area contributed by atoms with E-state index in [1.54, 1.807) is 7.11 Å². The number of aliphatic hydroxyl groups excluding tert-OH is 1. The molecule has 1 saturated carbocycles. The summed E-state index contributed by atoms with van der Waals surface area (Å²) in [5, 5.41) is 11.7. The van der Waals surface area contributed by atoms with E-state index in [0.717, 1.165) is 52.6 Å². The van der Waals surface area contributed by atoms with Gasteiger partial charge in [-0.3, -0.25) is 0 Å². The first-order chi connectivity index (χ1) is 11.7. The first-order valence-corrected chi connectivity index (χ1v) is 8.61. The standard InChI is InChI=1S/C20H20ClNO2/c1-24-19-10-13(3-4-16(19)20(12-23)6-2-7-20)15-9-14-5-8-22-18(14)11-17(15)21/h3-5,8-11,22-23H,2,6-7,12H2,1H3. The lowest BCUT2D eigenvalue weighted by Gasteiger charge is -2.41. The Balaban J connectivity index is 1.82. The Morgan fingerprint density at radius 1 is 1.21 bits per heavy atom. The fraction of sp³-hybridized carbons (Fsp3) is 0.300. The average molecular weight is 342 g/mol. The molecular weight excluding hydrogens is 322 g/mol. The van der Waals surface area contributed by atoms with Crippen LogP contribution in [0.5, 0.6) is 5.75 Å². The zero-order valence-electron chi connectivity index (χ0n) is 13.6. The SMILES string of the molecule is COc1cc(-c2cc3cc[nH]c3cc2Cl)ccc1C1(CO)CCC1. The number of H-pyrrole nitrogens is 1. The number of nitrogens with one attached hydrogen (secondary N) is 1. The topological polar surface area (TPSA) is 45.2 Å². The maximum Gasteiger partial charge on any atom is 0.123 e. The lowest BCUT2D eigenvalue weighted by molar-refractivity contribution is 0.117. The third-order valence-electron chi connectivity index (χ3n) is 5.34. The molecule has 2 N–H and O–H groups in total. The molecule has 1 aromatic heterocycles. The van der Waals surface area contributed by atoms with E-state index in [2.05, 4.69) is 23.2 Å². The first kappa shape index (κ1) is 15.6. The van der Waals surface area contributed by atoms with Crippen LogP contribution in [0.3, 0.4) is 0 Å². The number of hydrogen-bond donors (Lipinski definition) is 2. The normalized spacial score (nSPS) is 16.1. The predicted molar refractivity (Wildman–Crippen MR) is 97.9 cm³/mol. The van der Waals surface area contributed by atoms with E-state index >= 15 is 0 Å². The fourth-order valence-electron chi connectivity index (χ4n) is 3.71. The number of aromatic amines is 1. The van der Waals surface area contributed by atoms with Crippen LogP contribution in [0.25, 0.3) is 22.0 Å². The Bertz CT molecular complexity index is 890. The number of halogens is 1. The minimum Gasteiger partial charge on any atom is -0.496 e. The van der Waals surface area contributed by atoms with Crippen LogP contribution >= 0.6 is 11.6 Å². The van der Waals surface area contributed by atoms with Gasteiger partial charge in [-0.1, -0.05) is 30.2 Å². The molecule has 3 aromatic rings. The zero-order chi connectivity index (χ0) is 16.7. The van der Waals surface area contributed by atoms with Crippen LogP contribution < -0.4 is 4.74 Å². The minimum absolute atomic E-state index is 0.141. The van der Waals surface area contributed by atoms with Gasteiger partial charge in [-0.25, -0.2) is 0 Å². The van der Waals surface area contributed by atoms with Crippen LogP contribution in [0.4, 0.5) is 0 Å².